The van der Waals surface area contributed by atoms with Gasteiger partial charge < -0.3 is 5.11 Å². The van der Waals surface area contributed by atoms with E-state index in [4.69, 9.17) is 5.10 Å². The molecule has 1 unspecified atom stereocenters. The van der Waals surface area contributed by atoms with Crippen molar-refractivity contribution < 1.29 is 9.90 Å². The number of amides is 1. The highest BCUT2D eigenvalue weighted by Crippen LogP contribution is 2.39. The molecular weight excluding hydrogens is 446 g/mol. The Morgan fingerprint density at radius 1 is 0.971 bits per heavy atom. The fourth-order valence-corrected chi connectivity index (χ4v) is 5.38. The predicted molar refractivity (Wildman–Crippen MR) is 134 cm³/mol. The summed E-state index contributed by atoms with van der Waals surface area (Å²) in [6.07, 6.45) is -0.0690. The van der Waals surface area contributed by atoms with Gasteiger partial charge in [0.25, 0.3) is 5.91 Å². The maximum Gasteiger partial charge on any atom is 0.292 e. The number of para-hydroxylation sites is 2. The zero-order chi connectivity index (χ0) is 23.1. The van der Waals surface area contributed by atoms with Crippen molar-refractivity contribution >= 4 is 28.5 Å². The second-order valence-electron chi connectivity index (χ2n) is 8.09. The van der Waals surface area contributed by atoms with Gasteiger partial charge >= 0.3 is 0 Å². The van der Waals surface area contributed by atoms with Crippen molar-refractivity contribution in [1.82, 2.24) is 15.2 Å². The van der Waals surface area contributed by atoms with E-state index in [9.17, 15) is 9.90 Å². The molecule has 1 saturated heterocycles. The SMILES string of the molecule is O=C(N/N=C1/SCC(O)N1c1ccccc1)c1nn(-c2ccccc2)c2c1Cc1ccccc1-2. The van der Waals surface area contributed by atoms with Crippen LogP contribution in [0, 0.1) is 0 Å². The Bertz CT molecular complexity index is 1400. The van der Waals surface area contributed by atoms with Crippen LogP contribution in [0.15, 0.2) is 90.0 Å². The van der Waals surface area contributed by atoms with Crippen molar-refractivity contribution in [1.29, 1.82) is 0 Å². The second kappa shape index (κ2) is 8.48. The summed E-state index contributed by atoms with van der Waals surface area (Å²) in [6.45, 7) is 0. The van der Waals surface area contributed by atoms with E-state index in [0.717, 1.165) is 28.2 Å². The van der Waals surface area contributed by atoms with Crippen LogP contribution < -0.4 is 10.3 Å². The lowest BCUT2D eigenvalue weighted by atomic mass is 10.1. The number of amidine groups is 1. The summed E-state index contributed by atoms with van der Waals surface area (Å²) in [5, 5.41) is 20.0. The van der Waals surface area contributed by atoms with Gasteiger partial charge in [0.15, 0.2) is 10.9 Å². The molecule has 1 aliphatic carbocycles. The van der Waals surface area contributed by atoms with E-state index in [1.54, 1.807) is 4.90 Å². The van der Waals surface area contributed by atoms with E-state index in [1.807, 2.05) is 77.5 Å². The Hall–Kier alpha value is -3.88. The average Bonchev–Trinajstić information content (AvgIpc) is 3.55. The van der Waals surface area contributed by atoms with Crippen LogP contribution in [0.2, 0.25) is 0 Å². The number of hydrazone groups is 1. The number of anilines is 1. The quantitative estimate of drug-likeness (QED) is 0.390. The number of fused-ring (bicyclic) bond motifs is 3. The van der Waals surface area contributed by atoms with E-state index in [0.29, 0.717) is 23.0 Å². The summed E-state index contributed by atoms with van der Waals surface area (Å²) in [5.41, 5.74) is 8.84. The molecule has 2 N–H and O–H groups in total. The largest absolute Gasteiger partial charge is 0.372 e. The first-order valence-electron chi connectivity index (χ1n) is 11.0. The molecule has 0 bridgehead atoms. The third-order valence-corrected chi connectivity index (χ3v) is 7.00. The molecule has 6 rings (SSSR count). The normalized spacial score (nSPS) is 17.6. The lowest BCUT2D eigenvalue weighted by Gasteiger charge is -2.21. The van der Waals surface area contributed by atoms with Gasteiger partial charge in [-0.1, -0.05) is 72.4 Å². The molecule has 0 saturated carbocycles. The average molecular weight is 468 g/mol. The van der Waals surface area contributed by atoms with Crippen molar-refractivity contribution in [3.8, 4) is 16.9 Å². The molecule has 8 heteroatoms. The number of hydrogen-bond donors (Lipinski definition) is 2. The number of benzene rings is 3. The summed E-state index contributed by atoms with van der Waals surface area (Å²) in [5.74, 6) is 0.0953. The van der Waals surface area contributed by atoms with Crippen molar-refractivity contribution in [3.63, 3.8) is 0 Å². The van der Waals surface area contributed by atoms with Gasteiger partial charge in [-0.3, -0.25) is 9.69 Å². The van der Waals surface area contributed by atoms with Gasteiger partial charge in [-0.25, -0.2) is 10.1 Å². The monoisotopic (exact) mass is 467 g/mol. The molecule has 2 heterocycles. The highest BCUT2D eigenvalue weighted by Gasteiger charge is 2.32. The number of aliphatic hydroxyl groups is 1. The lowest BCUT2D eigenvalue weighted by molar-refractivity contribution is 0.0948. The molecule has 34 heavy (non-hydrogen) atoms. The maximum absolute atomic E-state index is 13.3. The summed E-state index contributed by atoms with van der Waals surface area (Å²) >= 11 is 1.39. The first-order chi connectivity index (χ1) is 16.7. The molecule has 1 aliphatic heterocycles. The molecule has 1 amide bonds. The number of nitrogens with one attached hydrogen (secondary N) is 1. The number of carbonyl (C=O) groups is 1. The van der Waals surface area contributed by atoms with Gasteiger partial charge in [0.05, 0.1) is 11.4 Å². The zero-order valence-electron chi connectivity index (χ0n) is 18.1. The summed E-state index contributed by atoms with van der Waals surface area (Å²) in [4.78, 5) is 15.0. The molecule has 0 radical (unpaired) electrons. The number of rotatable bonds is 4. The van der Waals surface area contributed by atoms with Crippen LogP contribution in [0.3, 0.4) is 0 Å². The van der Waals surface area contributed by atoms with E-state index < -0.39 is 6.23 Å². The van der Waals surface area contributed by atoms with Crippen LogP contribution >= 0.6 is 11.8 Å². The fraction of sp³-hybridized carbons (Fsp3) is 0.115. The third-order valence-electron chi connectivity index (χ3n) is 5.99. The van der Waals surface area contributed by atoms with E-state index in [1.165, 1.54) is 17.3 Å². The van der Waals surface area contributed by atoms with E-state index in [-0.39, 0.29) is 5.91 Å². The lowest BCUT2D eigenvalue weighted by Crippen LogP contribution is -2.35. The third kappa shape index (κ3) is 3.48. The molecule has 1 fully saturated rings. The standard InChI is InChI=1S/C26H21N5O2S/c32-22-16-34-26(30(22)18-10-3-1-4-11-18)28-27-25(33)23-21-15-17-9-7-8-14-20(17)24(21)31(29-23)19-12-5-2-6-13-19/h1-14,22,32H,15-16H2,(H,27,33)/b28-26+. The minimum Gasteiger partial charge on any atom is -0.372 e. The van der Waals surface area contributed by atoms with Crippen LogP contribution in [0.4, 0.5) is 5.69 Å². The van der Waals surface area contributed by atoms with Gasteiger partial charge in [0, 0.05) is 29.0 Å². The first-order valence-corrected chi connectivity index (χ1v) is 12.0. The molecule has 0 spiro atoms. The second-order valence-corrected chi connectivity index (χ2v) is 9.08. The number of thioether (sulfide) groups is 1. The number of carbonyl (C=O) groups excluding carboxylic acids is 1. The first kappa shape index (κ1) is 20.7. The summed E-state index contributed by atoms with van der Waals surface area (Å²) in [6, 6.07) is 27.5. The maximum atomic E-state index is 13.3. The topological polar surface area (TPSA) is 82.8 Å². The van der Waals surface area contributed by atoms with Gasteiger partial charge in [-0.05, 0) is 29.8 Å². The molecule has 168 valence electrons. The van der Waals surface area contributed by atoms with Crippen LogP contribution in [-0.4, -0.2) is 37.9 Å². The fourth-order valence-electron chi connectivity index (χ4n) is 4.46. The highest BCUT2D eigenvalue weighted by molar-refractivity contribution is 8.14. The molecule has 7 nitrogen and oxygen atoms in total. The summed E-state index contributed by atoms with van der Waals surface area (Å²) in [7, 11) is 0. The van der Waals surface area contributed by atoms with Gasteiger partial charge in [0.2, 0.25) is 0 Å². The van der Waals surface area contributed by atoms with Crippen molar-refractivity contribution in [2.75, 3.05) is 10.7 Å². The van der Waals surface area contributed by atoms with Crippen molar-refractivity contribution in [3.05, 3.63) is 102 Å². The Morgan fingerprint density at radius 2 is 1.65 bits per heavy atom. The van der Waals surface area contributed by atoms with Gasteiger partial charge in [-0.15, -0.1) is 5.10 Å². The molecule has 2 aliphatic rings. The van der Waals surface area contributed by atoms with Crippen LogP contribution in [0.5, 0.6) is 0 Å². The Morgan fingerprint density at radius 3 is 2.41 bits per heavy atom. The summed E-state index contributed by atoms with van der Waals surface area (Å²) < 4.78 is 1.84. The van der Waals surface area contributed by atoms with Crippen LogP contribution in [0.25, 0.3) is 16.9 Å². The van der Waals surface area contributed by atoms with Crippen LogP contribution in [0.1, 0.15) is 21.6 Å². The Labute approximate surface area is 200 Å². The van der Waals surface area contributed by atoms with E-state index >= 15 is 0 Å². The van der Waals surface area contributed by atoms with Crippen LogP contribution in [-0.2, 0) is 6.42 Å². The Kier molecular flexibility index (Phi) is 5.16. The number of hydrogen-bond acceptors (Lipinski definition) is 5. The van der Waals surface area contributed by atoms with Crippen molar-refractivity contribution in [2.24, 2.45) is 5.10 Å². The number of aromatic nitrogens is 2. The predicted octanol–water partition coefficient (Wildman–Crippen LogP) is 4.02. The zero-order valence-corrected chi connectivity index (χ0v) is 18.9. The number of aliphatic hydroxyl groups excluding tert-OH is 1. The van der Waals surface area contributed by atoms with Gasteiger partial charge in [0.1, 0.15) is 6.23 Å². The highest BCUT2D eigenvalue weighted by atomic mass is 32.2. The molecule has 3 aromatic carbocycles. The molecule has 1 aromatic heterocycles. The number of nitrogens with zero attached hydrogens (tertiary/aromatic N) is 4. The molecular formula is C26H21N5O2S. The van der Waals surface area contributed by atoms with Crippen molar-refractivity contribution in [2.45, 2.75) is 12.6 Å². The van der Waals surface area contributed by atoms with Gasteiger partial charge in [-0.2, -0.15) is 5.10 Å². The smallest absolute Gasteiger partial charge is 0.292 e. The Balaban J connectivity index is 1.35. The molecule has 1 atom stereocenters. The molecule has 4 aromatic rings. The minimum absolute atomic E-state index is 0.356. The van der Waals surface area contributed by atoms with E-state index in [2.05, 4.69) is 22.7 Å². The minimum atomic E-state index is -0.709.